The molecule has 1 spiro atoms. The quantitative estimate of drug-likeness (QED) is 0.450. The number of hydrogen-bond acceptors (Lipinski definition) is 6. The minimum absolute atomic E-state index is 0.0780. The first-order chi connectivity index (χ1) is 18.3. The Hall–Kier alpha value is -1.79. The van der Waals surface area contributed by atoms with E-state index < -0.39 is 5.60 Å². The van der Waals surface area contributed by atoms with E-state index >= 15 is 0 Å². The molecule has 7 unspecified atom stereocenters. The maximum absolute atomic E-state index is 12.5. The summed E-state index contributed by atoms with van der Waals surface area (Å²) in [5.74, 6) is 3.33. The number of piperidine rings is 2. The monoisotopic (exact) mass is 523 g/mol. The van der Waals surface area contributed by atoms with Crippen LogP contribution in [0, 0.1) is 23.2 Å². The standard InChI is InChI=1S/C32H45NO5/c1-19-26-23-9-6-10-25-32(35,18-21-8-7-16-31(21)14-4-5-15-31)17-13-22(33(23)25)11-12-24(26)37-28(19)29-27(36-3)20(2)30(34)38-29/h12,19,21-23,25-26,35H,4-11,13-18H2,1-3H3. The highest BCUT2D eigenvalue weighted by Crippen LogP contribution is 2.59. The van der Waals surface area contributed by atoms with Crippen molar-refractivity contribution in [3.63, 3.8) is 0 Å². The molecule has 2 saturated carbocycles. The van der Waals surface area contributed by atoms with E-state index in [0.29, 0.717) is 40.5 Å². The largest absolute Gasteiger partial charge is 0.492 e. The summed E-state index contributed by atoms with van der Waals surface area (Å²) in [6, 6.07) is 1.04. The average Bonchev–Trinajstić information content (AvgIpc) is 3.66. The predicted molar refractivity (Wildman–Crippen MR) is 143 cm³/mol. The Labute approximate surface area is 227 Å². The van der Waals surface area contributed by atoms with Crippen molar-refractivity contribution < 1.29 is 24.1 Å². The Bertz CT molecular complexity index is 1090. The van der Waals surface area contributed by atoms with Gasteiger partial charge in [-0.2, -0.15) is 0 Å². The van der Waals surface area contributed by atoms with E-state index in [1.807, 2.05) is 0 Å². The van der Waals surface area contributed by atoms with E-state index in [4.69, 9.17) is 14.2 Å². The number of fused-ring (bicyclic) bond motifs is 2. The molecule has 0 aromatic carbocycles. The average molecular weight is 524 g/mol. The van der Waals surface area contributed by atoms with Crippen LogP contribution in [0.5, 0.6) is 0 Å². The molecule has 0 aromatic rings. The Morgan fingerprint density at radius 3 is 2.63 bits per heavy atom. The molecule has 7 atom stereocenters. The van der Waals surface area contributed by atoms with Crippen LogP contribution < -0.4 is 0 Å². The van der Waals surface area contributed by atoms with Gasteiger partial charge in [0.15, 0.2) is 11.5 Å². The fourth-order valence-corrected chi connectivity index (χ4v) is 10.2. The third-order valence-electron chi connectivity index (χ3n) is 12.0. The number of methoxy groups -OCH3 is 1. The molecule has 38 heavy (non-hydrogen) atoms. The lowest BCUT2D eigenvalue weighted by Crippen LogP contribution is -2.66. The Morgan fingerprint density at radius 2 is 1.84 bits per heavy atom. The second-order valence-electron chi connectivity index (χ2n) is 13.6. The number of aliphatic hydroxyl groups is 1. The van der Waals surface area contributed by atoms with Crippen molar-refractivity contribution in [1.82, 2.24) is 4.90 Å². The molecule has 208 valence electrons. The molecule has 7 rings (SSSR count). The van der Waals surface area contributed by atoms with Crippen LogP contribution in [0.25, 0.3) is 0 Å². The topological polar surface area (TPSA) is 68.2 Å². The highest BCUT2D eigenvalue weighted by atomic mass is 16.6. The van der Waals surface area contributed by atoms with Gasteiger partial charge in [0.2, 0.25) is 5.76 Å². The molecule has 0 bridgehead atoms. The molecule has 2 aliphatic carbocycles. The molecule has 5 aliphatic heterocycles. The molecule has 0 aromatic heterocycles. The molecule has 6 nitrogen and oxygen atoms in total. The zero-order chi connectivity index (χ0) is 26.2. The van der Waals surface area contributed by atoms with Crippen molar-refractivity contribution >= 4 is 5.97 Å². The van der Waals surface area contributed by atoms with Crippen molar-refractivity contribution in [3.8, 4) is 0 Å². The second-order valence-corrected chi connectivity index (χ2v) is 13.6. The number of allylic oxidation sites excluding steroid dienone is 1. The fourth-order valence-electron chi connectivity index (χ4n) is 10.2. The van der Waals surface area contributed by atoms with E-state index in [-0.39, 0.29) is 23.8 Å². The first-order valence-electron chi connectivity index (χ1n) is 15.4. The molecule has 3 saturated heterocycles. The number of nitrogens with zero attached hydrogens (tertiary/aromatic N) is 1. The third-order valence-corrected chi connectivity index (χ3v) is 12.0. The molecule has 1 N–H and O–H groups in total. The molecule has 5 fully saturated rings. The molecular weight excluding hydrogens is 478 g/mol. The summed E-state index contributed by atoms with van der Waals surface area (Å²) < 4.78 is 17.8. The van der Waals surface area contributed by atoms with Gasteiger partial charge in [0.05, 0.1) is 18.3 Å². The molecule has 5 heterocycles. The van der Waals surface area contributed by atoms with Crippen LogP contribution in [-0.2, 0) is 19.0 Å². The number of ether oxygens (including phenoxy) is 3. The van der Waals surface area contributed by atoms with Gasteiger partial charge in [0.1, 0.15) is 5.76 Å². The van der Waals surface area contributed by atoms with E-state index in [9.17, 15) is 9.90 Å². The van der Waals surface area contributed by atoms with Crippen LogP contribution in [0.2, 0.25) is 0 Å². The molecule has 7 aliphatic rings. The van der Waals surface area contributed by atoms with Crippen molar-refractivity contribution in [2.24, 2.45) is 23.2 Å². The summed E-state index contributed by atoms with van der Waals surface area (Å²) in [5.41, 5.74) is 0.433. The van der Waals surface area contributed by atoms with Crippen LogP contribution in [0.15, 0.2) is 34.7 Å². The third kappa shape index (κ3) is 3.61. The normalized spacial score (nSPS) is 44.0. The van der Waals surface area contributed by atoms with E-state index in [2.05, 4.69) is 17.9 Å². The highest BCUT2D eigenvalue weighted by molar-refractivity contribution is 5.93. The van der Waals surface area contributed by atoms with Crippen LogP contribution in [0.3, 0.4) is 0 Å². The molecule has 6 heteroatoms. The van der Waals surface area contributed by atoms with Gasteiger partial charge < -0.3 is 19.3 Å². The van der Waals surface area contributed by atoms with Crippen molar-refractivity contribution in [2.45, 2.75) is 127 Å². The Balaban J connectivity index is 1.19. The lowest BCUT2D eigenvalue weighted by molar-refractivity contribution is -0.152. The minimum Gasteiger partial charge on any atom is -0.492 e. The van der Waals surface area contributed by atoms with Gasteiger partial charge in [0, 0.05) is 30.0 Å². The molecule has 0 amide bonds. The van der Waals surface area contributed by atoms with Crippen molar-refractivity contribution in [2.75, 3.05) is 7.11 Å². The first-order valence-corrected chi connectivity index (χ1v) is 15.4. The summed E-state index contributed by atoms with van der Waals surface area (Å²) in [7, 11) is 1.59. The molecular formula is C32H45NO5. The summed E-state index contributed by atoms with van der Waals surface area (Å²) in [5, 5.41) is 12.5. The number of carbonyl (C=O) groups excluding carboxylic acids is 1. The maximum Gasteiger partial charge on any atom is 0.343 e. The number of rotatable bonds is 3. The SMILES string of the molecule is COC1=C(C)C(=O)OC1=C1OC2=CCC3CCC(O)(CC4CCCC45CCCC5)C4CCCC(C2C1C)N34. The zero-order valence-corrected chi connectivity index (χ0v) is 23.5. The van der Waals surface area contributed by atoms with Crippen LogP contribution in [0.4, 0.5) is 0 Å². The van der Waals surface area contributed by atoms with E-state index in [1.165, 1.54) is 44.9 Å². The van der Waals surface area contributed by atoms with Crippen LogP contribution in [0.1, 0.15) is 104 Å². The zero-order valence-electron chi connectivity index (χ0n) is 23.5. The summed E-state index contributed by atoms with van der Waals surface area (Å²) in [4.78, 5) is 15.1. The Kier molecular flexibility index (Phi) is 6.05. The first kappa shape index (κ1) is 25.2. The van der Waals surface area contributed by atoms with Gasteiger partial charge in [-0.3, -0.25) is 4.90 Å². The predicted octanol–water partition coefficient (Wildman–Crippen LogP) is 6.11. The summed E-state index contributed by atoms with van der Waals surface area (Å²) >= 11 is 0. The van der Waals surface area contributed by atoms with Gasteiger partial charge in [0.25, 0.3) is 0 Å². The van der Waals surface area contributed by atoms with Crippen LogP contribution in [-0.4, -0.2) is 46.8 Å². The summed E-state index contributed by atoms with van der Waals surface area (Å²) in [6.45, 7) is 3.96. The maximum atomic E-state index is 12.5. The smallest absolute Gasteiger partial charge is 0.343 e. The van der Waals surface area contributed by atoms with Gasteiger partial charge in [-0.25, -0.2) is 4.79 Å². The number of carbonyl (C=O) groups is 1. The van der Waals surface area contributed by atoms with E-state index in [0.717, 1.165) is 56.5 Å². The number of hydrogen-bond donors (Lipinski definition) is 1. The van der Waals surface area contributed by atoms with Gasteiger partial charge in [-0.15, -0.1) is 0 Å². The number of esters is 1. The highest BCUT2D eigenvalue weighted by Gasteiger charge is 2.58. The summed E-state index contributed by atoms with van der Waals surface area (Å²) in [6.07, 6.45) is 19.2. The van der Waals surface area contributed by atoms with Gasteiger partial charge in [-0.05, 0) is 88.5 Å². The fraction of sp³-hybridized carbons (Fsp3) is 0.781. The van der Waals surface area contributed by atoms with Gasteiger partial charge >= 0.3 is 5.97 Å². The Morgan fingerprint density at radius 1 is 1.05 bits per heavy atom. The van der Waals surface area contributed by atoms with Crippen LogP contribution >= 0.6 is 0 Å². The lowest BCUT2D eigenvalue weighted by atomic mass is 9.65. The van der Waals surface area contributed by atoms with Crippen molar-refractivity contribution in [3.05, 3.63) is 34.7 Å². The lowest BCUT2D eigenvalue weighted by Gasteiger charge is -2.58. The molecule has 0 radical (unpaired) electrons. The van der Waals surface area contributed by atoms with Crippen molar-refractivity contribution in [1.29, 1.82) is 0 Å². The second kappa shape index (κ2) is 9.12. The van der Waals surface area contributed by atoms with Gasteiger partial charge in [-0.1, -0.05) is 32.6 Å². The van der Waals surface area contributed by atoms with E-state index in [1.54, 1.807) is 14.0 Å². The minimum atomic E-state index is -0.585. The number of cyclic esters (lactones) is 1.